The van der Waals surface area contributed by atoms with Crippen LogP contribution in [0.25, 0.3) is 0 Å². The van der Waals surface area contributed by atoms with Crippen LogP contribution in [0, 0.1) is 6.92 Å². The zero-order valence-corrected chi connectivity index (χ0v) is 12.9. The number of ether oxygens (including phenoxy) is 1. The normalized spacial score (nSPS) is 13.2. The number of rotatable bonds is 4. The van der Waals surface area contributed by atoms with Crippen molar-refractivity contribution < 1.29 is 19.4 Å². The fraction of sp³-hybridized carbons (Fsp3) is 0.176. The van der Waals surface area contributed by atoms with E-state index in [4.69, 9.17) is 16.3 Å². The SMILES string of the molecule is CC(=O)OC(C(=O)O)(c1ccc(C)cc1)c1ccccc1Cl. The highest BCUT2D eigenvalue weighted by atomic mass is 35.5. The molecule has 5 heteroatoms. The molecule has 0 saturated carbocycles. The van der Waals surface area contributed by atoms with Crippen LogP contribution in [-0.2, 0) is 19.9 Å². The number of hydrogen-bond donors (Lipinski definition) is 1. The lowest BCUT2D eigenvalue weighted by Crippen LogP contribution is -2.41. The lowest BCUT2D eigenvalue weighted by atomic mass is 9.85. The molecular weight excluding hydrogens is 304 g/mol. The molecule has 2 rings (SSSR count). The summed E-state index contributed by atoms with van der Waals surface area (Å²) in [5.41, 5.74) is -0.472. The van der Waals surface area contributed by atoms with E-state index < -0.39 is 17.5 Å². The molecule has 0 radical (unpaired) electrons. The number of carbonyl (C=O) groups is 2. The third kappa shape index (κ3) is 2.83. The monoisotopic (exact) mass is 318 g/mol. The summed E-state index contributed by atoms with van der Waals surface area (Å²) in [5.74, 6) is -2.01. The number of aliphatic carboxylic acids is 1. The van der Waals surface area contributed by atoms with Gasteiger partial charge in [0.05, 0.1) is 0 Å². The van der Waals surface area contributed by atoms with Crippen molar-refractivity contribution in [3.8, 4) is 0 Å². The van der Waals surface area contributed by atoms with Crippen LogP contribution in [-0.4, -0.2) is 17.0 Å². The molecule has 1 unspecified atom stereocenters. The van der Waals surface area contributed by atoms with Gasteiger partial charge in [-0.25, -0.2) is 4.79 Å². The van der Waals surface area contributed by atoms with Gasteiger partial charge in [-0.15, -0.1) is 0 Å². The van der Waals surface area contributed by atoms with Gasteiger partial charge in [0.15, 0.2) is 0 Å². The van der Waals surface area contributed by atoms with Crippen molar-refractivity contribution in [3.05, 3.63) is 70.2 Å². The summed E-state index contributed by atoms with van der Waals surface area (Å²) in [6.45, 7) is 3.05. The molecule has 4 nitrogen and oxygen atoms in total. The van der Waals surface area contributed by atoms with Crippen LogP contribution >= 0.6 is 11.6 Å². The standard InChI is InChI=1S/C17H15ClO4/c1-11-7-9-13(10-8-11)17(16(20)21,22-12(2)19)14-5-3-4-6-15(14)18/h3-10H,1-2H3,(H,20,21). The average molecular weight is 319 g/mol. The molecule has 0 fully saturated rings. The number of benzene rings is 2. The summed E-state index contributed by atoms with van der Waals surface area (Å²) >= 11 is 6.16. The van der Waals surface area contributed by atoms with Crippen LogP contribution in [0.3, 0.4) is 0 Å². The maximum atomic E-state index is 12.1. The summed E-state index contributed by atoms with van der Waals surface area (Å²) < 4.78 is 5.27. The smallest absolute Gasteiger partial charge is 0.357 e. The number of halogens is 1. The molecule has 0 aliphatic heterocycles. The average Bonchev–Trinajstić information content (AvgIpc) is 2.46. The van der Waals surface area contributed by atoms with Crippen LogP contribution in [0.1, 0.15) is 23.6 Å². The Morgan fingerprint density at radius 1 is 1.09 bits per heavy atom. The Kier molecular flexibility index (Phi) is 4.52. The molecule has 0 aliphatic rings. The van der Waals surface area contributed by atoms with Crippen LogP contribution in [0.4, 0.5) is 0 Å². The van der Waals surface area contributed by atoms with Gasteiger partial charge in [-0.3, -0.25) is 4.79 Å². The van der Waals surface area contributed by atoms with E-state index in [1.807, 2.05) is 6.92 Å². The molecule has 2 aromatic rings. The summed E-state index contributed by atoms with van der Waals surface area (Å²) in [4.78, 5) is 23.6. The second-order valence-corrected chi connectivity index (χ2v) is 5.33. The Morgan fingerprint density at radius 2 is 1.68 bits per heavy atom. The van der Waals surface area contributed by atoms with Crippen molar-refractivity contribution in [2.24, 2.45) is 0 Å². The Bertz CT molecular complexity index is 709. The fourth-order valence-corrected chi connectivity index (χ4v) is 2.57. The van der Waals surface area contributed by atoms with Crippen molar-refractivity contribution in [2.75, 3.05) is 0 Å². The molecule has 0 bridgehead atoms. The summed E-state index contributed by atoms with van der Waals surface area (Å²) in [5, 5.41) is 10.1. The number of carboxylic acids is 1. The van der Waals surface area contributed by atoms with Crippen molar-refractivity contribution in [2.45, 2.75) is 19.4 Å². The minimum atomic E-state index is -1.97. The van der Waals surface area contributed by atoms with Crippen molar-refractivity contribution in [1.29, 1.82) is 0 Å². The summed E-state index contributed by atoms with van der Waals surface area (Å²) in [6, 6.07) is 13.2. The Labute approximate surface area is 133 Å². The van der Waals surface area contributed by atoms with E-state index in [2.05, 4.69) is 0 Å². The molecule has 22 heavy (non-hydrogen) atoms. The zero-order chi connectivity index (χ0) is 16.3. The summed E-state index contributed by atoms with van der Waals surface area (Å²) in [6.07, 6.45) is 0. The first-order valence-corrected chi connectivity index (χ1v) is 7.01. The largest absolute Gasteiger partial charge is 0.478 e. The van der Waals surface area contributed by atoms with Crippen LogP contribution in [0.5, 0.6) is 0 Å². The van der Waals surface area contributed by atoms with Crippen molar-refractivity contribution >= 4 is 23.5 Å². The minimum absolute atomic E-state index is 0.211. The van der Waals surface area contributed by atoms with Gasteiger partial charge in [0, 0.05) is 23.1 Å². The molecule has 2 aromatic carbocycles. The lowest BCUT2D eigenvalue weighted by Gasteiger charge is -2.30. The molecule has 0 spiro atoms. The number of hydrogen-bond acceptors (Lipinski definition) is 3. The highest BCUT2D eigenvalue weighted by Gasteiger charge is 2.47. The van der Waals surface area contributed by atoms with E-state index >= 15 is 0 Å². The molecule has 0 heterocycles. The van der Waals surface area contributed by atoms with Gasteiger partial charge in [0.2, 0.25) is 0 Å². The Hall–Kier alpha value is -2.33. The van der Waals surface area contributed by atoms with Crippen molar-refractivity contribution in [3.63, 3.8) is 0 Å². The predicted octanol–water partition coefficient (Wildman–Crippen LogP) is 3.54. The van der Waals surface area contributed by atoms with E-state index in [0.717, 1.165) is 5.56 Å². The van der Waals surface area contributed by atoms with Gasteiger partial charge in [-0.1, -0.05) is 59.6 Å². The van der Waals surface area contributed by atoms with E-state index in [9.17, 15) is 14.7 Å². The van der Waals surface area contributed by atoms with E-state index in [1.165, 1.54) is 6.92 Å². The van der Waals surface area contributed by atoms with E-state index in [-0.39, 0.29) is 10.6 Å². The van der Waals surface area contributed by atoms with E-state index in [1.54, 1.807) is 48.5 Å². The molecule has 0 aromatic heterocycles. The maximum Gasteiger partial charge on any atom is 0.357 e. The molecule has 0 aliphatic carbocycles. The van der Waals surface area contributed by atoms with Gasteiger partial charge in [0.1, 0.15) is 0 Å². The maximum absolute atomic E-state index is 12.1. The van der Waals surface area contributed by atoms with Crippen molar-refractivity contribution in [1.82, 2.24) is 0 Å². The Morgan fingerprint density at radius 3 is 2.18 bits per heavy atom. The number of aryl methyl sites for hydroxylation is 1. The second kappa shape index (κ2) is 6.20. The van der Waals surface area contributed by atoms with Gasteiger partial charge in [0.25, 0.3) is 5.60 Å². The topological polar surface area (TPSA) is 63.6 Å². The third-order valence-corrected chi connectivity index (χ3v) is 3.64. The molecule has 0 saturated heterocycles. The highest BCUT2D eigenvalue weighted by molar-refractivity contribution is 6.31. The summed E-state index contributed by atoms with van der Waals surface area (Å²) in [7, 11) is 0. The van der Waals surface area contributed by atoms with E-state index in [0.29, 0.717) is 5.56 Å². The molecule has 1 atom stereocenters. The fourth-order valence-electron chi connectivity index (χ4n) is 2.30. The minimum Gasteiger partial charge on any atom is -0.478 e. The number of esters is 1. The first-order valence-electron chi connectivity index (χ1n) is 6.63. The van der Waals surface area contributed by atoms with Gasteiger partial charge >= 0.3 is 11.9 Å². The van der Waals surface area contributed by atoms with Gasteiger partial charge in [-0.2, -0.15) is 0 Å². The quantitative estimate of drug-likeness (QED) is 0.876. The van der Waals surface area contributed by atoms with Crippen LogP contribution in [0.2, 0.25) is 5.02 Å². The molecule has 0 amide bonds. The molecule has 1 N–H and O–H groups in total. The number of carbonyl (C=O) groups excluding carboxylic acids is 1. The lowest BCUT2D eigenvalue weighted by molar-refractivity contribution is -0.173. The van der Waals surface area contributed by atoms with Gasteiger partial charge < -0.3 is 9.84 Å². The Balaban J connectivity index is 2.77. The highest BCUT2D eigenvalue weighted by Crippen LogP contribution is 2.38. The molecular formula is C17H15ClO4. The first kappa shape index (κ1) is 16.0. The third-order valence-electron chi connectivity index (χ3n) is 3.31. The van der Waals surface area contributed by atoms with Crippen LogP contribution in [0.15, 0.2) is 48.5 Å². The first-order chi connectivity index (χ1) is 10.4. The zero-order valence-electron chi connectivity index (χ0n) is 12.2. The second-order valence-electron chi connectivity index (χ2n) is 4.93. The molecule has 114 valence electrons. The number of carboxylic acid groups (broad SMARTS) is 1. The van der Waals surface area contributed by atoms with Gasteiger partial charge in [-0.05, 0) is 13.0 Å². The van der Waals surface area contributed by atoms with Crippen LogP contribution < -0.4 is 0 Å². The predicted molar refractivity (Wildman–Crippen MR) is 82.8 cm³/mol.